The minimum atomic E-state index is -3.60. The number of rotatable bonds is 8. The molecular formula is C14H21N5O5S. The average molecular weight is 371 g/mol. The Morgan fingerprint density at radius 3 is 2.96 bits per heavy atom. The van der Waals surface area contributed by atoms with Crippen molar-refractivity contribution in [3.63, 3.8) is 0 Å². The molecule has 3 heterocycles. The minimum Gasteiger partial charge on any atom is -0.382 e. The molecule has 3 rings (SSSR count). The van der Waals surface area contributed by atoms with Crippen molar-refractivity contribution in [3.05, 3.63) is 24.2 Å². The van der Waals surface area contributed by atoms with Gasteiger partial charge in [-0.25, -0.2) is 13.4 Å². The number of aromatic nitrogens is 4. The first kappa shape index (κ1) is 18.0. The van der Waals surface area contributed by atoms with Crippen LogP contribution in [0.4, 0.5) is 0 Å². The molecule has 1 fully saturated rings. The van der Waals surface area contributed by atoms with E-state index in [-0.39, 0.29) is 17.6 Å². The molecule has 1 atom stereocenters. The van der Waals surface area contributed by atoms with Crippen molar-refractivity contribution in [3.8, 4) is 0 Å². The molecule has 25 heavy (non-hydrogen) atoms. The Bertz CT molecular complexity index is 802. The zero-order chi connectivity index (χ0) is 17.9. The van der Waals surface area contributed by atoms with Crippen molar-refractivity contribution >= 4 is 10.0 Å². The fourth-order valence-corrected chi connectivity index (χ4v) is 4.07. The van der Waals surface area contributed by atoms with Gasteiger partial charge in [-0.05, 0) is 6.42 Å². The lowest BCUT2D eigenvalue weighted by Gasteiger charge is -2.13. The Morgan fingerprint density at radius 1 is 1.40 bits per heavy atom. The topological polar surface area (TPSA) is 113 Å². The van der Waals surface area contributed by atoms with Crippen LogP contribution in [-0.2, 0) is 33.2 Å². The summed E-state index contributed by atoms with van der Waals surface area (Å²) in [4.78, 5) is 8.24. The van der Waals surface area contributed by atoms with E-state index in [0.29, 0.717) is 44.4 Å². The average Bonchev–Trinajstić information content (AvgIpc) is 3.31. The lowest BCUT2D eigenvalue weighted by Crippen LogP contribution is -2.29. The number of aryl methyl sites for hydroxylation is 1. The van der Waals surface area contributed by atoms with Gasteiger partial charge in [0.2, 0.25) is 0 Å². The molecule has 11 heteroatoms. The minimum absolute atomic E-state index is 0.0518. The van der Waals surface area contributed by atoms with Crippen LogP contribution in [-0.4, -0.2) is 65.8 Å². The van der Waals surface area contributed by atoms with Gasteiger partial charge in [0.05, 0.1) is 19.5 Å². The van der Waals surface area contributed by atoms with E-state index >= 15 is 0 Å². The summed E-state index contributed by atoms with van der Waals surface area (Å²) in [5.41, 5.74) is 0. The van der Waals surface area contributed by atoms with Crippen molar-refractivity contribution in [2.45, 2.75) is 24.0 Å². The van der Waals surface area contributed by atoms with Gasteiger partial charge in [0, 0.05) is 39.4 Å². The van der Waals surface area contributed by atoms with Gasteiger partial charge in [-0.3, -0.25) is 0 Å². The second kappa shape index (κ2) is 7.60. The van der Waals surface area contributed by atoms with E-state index < -0.39 is 10.0 Å². The predicted molar refractivity (Wildman–Crippen MR) is 85.2 cm³/mol. The summed E-state index contributed by atoms with van der Waals surface area (Å²) < 4.78 is 43.6. The molecule has 0 N–H and O–H groups in total. The maximum atomic E-state index is 12.6. The number of hydrogen-bond donors (Lipinski definition) is 0. The first-order valence-corrected chi connectivity index (χ1v) is 9.32. The van der Waals surface area contributed by atoms with Crippen molar-refractivity contribution in [2.24, 2.45) is 7.05 Å². The summed E-state index contributed by atoms with van der Waals surface area (Å²) in [7, 11) is -0.269. The quantitative estimate of drug-likeness (QED) is 0.603. The van der Waals surface area contributed by atoms with Crippen LogP contribution in [0.25, 0.3) is 0 Å². The zero-order valence-electron chi connectivity index (χ0n) is 14.2. The van der Waals surface area contributed by atoms with E-state index in [2.05, 4.69) is 15.1 Å². The highest BCUT2D eigenvalue weighted by molar-refractivity contribution is 7.89. The summed E-state index contributed by atoms with van der Waals surface area (Å²) >= 11 is 0. The molecule has 2 aromatic heterocycles. The molecule has 0 amide bonds. The van der Waals surface area contributed by atoms with E-state index in [9.17, 15) is 8.42 Å². The third-order valence-electron chi connectivity index (χ3n) is 3.94. The largest absolute Gasteiger partial charge is 0.382 e. The Morgan fingerprint density at radius 2 is 2.24 bits per heavy atom. The van der Waals surface area contributed by atoms with Gasteiger partial charge in [0.25, 0.3) is 15.9 Å². The van der Waals surface area contributed by atoms with Gasteiger partial charge < -0.3 is 18.6 Å². The van der Waals surface area contributed by atoms with Gasteiger partial charge in [0.15, 0.2) is 10.9 Å². The molecule has 0 saturated carbocycles. The lowest BCUT2D eigenvalue weighted by atomic mass is 10.1. The van der Waals surface area contributed by atoms with Gasteiger partial charge in [-0.15, -0.1) is 0 Å². The molecule has 2 aromatic rings. The van der Waals surface area contributed by atoms with Gasteiger partial charge in [0.1, 0.15) is 6.61 Å². The molecule has 1 saturated heterocycles. The molecule has 138 valence electrons. The van der Waals surface area contributed by atoms with Crippen molar-refractivity contribution < 1.29 is 22.4 Å². The number of sulfonamides is 1. The molecule has 1 aliphatic rings. The van der Waals surface area contributed by atoms with Crippen LogP contribution >= 0.6 is 0 Å². The number of imidazole rings is 1. The third-order valence-corrected chi connectivity index (χ3v) is 5.69. The maximum Gasteiger partial charge on any atom is 0.262 e. The Labute approximate surface area is 145 Å². The first-order chi connectivity index (χ1) is 12.0. The fraction of sp³-hybridized carbons (Fsp3) is 0.643. The van der Waals surface area contributed by atoms with Crippen molar-refractivity contribution in [2.75, 3.05) is 33.4 Å². The van der Waals surface area contributed by atoms with E-state index in [1.807, 2.05) is 0 Å². The first-order valence-electron chi connectivity index (χ1n) is 7.88. The molecule has 0 spiro atoms. The monoisotopic (exact) mass is 371 g/mol. The van der Waals surface area contributed by atoms with Gasteiger partial charge in [-0.1, -0.05) is 5.16 Å². The van der Waals surface area contributed by atoms with Crippen molar-refractivity contribution in [1.82, 2.24) is 24.0 Å². The molecule has 1 aliphatic heterocycles. The number of nitrogens with zero attached hydrogens (tertiary/aromatic N) is 5. The summed E-state index contributed by atoms with van der Waals surface area (Å²) in [6, 6.07) is 0. The number of methoxy groups -OCH3 is 1. The number of hydrogen-bond acceptors (Lipinski definition) is 8. The van der Waals surface area contributed by atoms with E-state index in [0.717, 1.165) is 0 Å². The second-order valence-electron chi connectivity index (χ2n) is 5.82. The predicted octanol–water partition coefficient (Wildman–Crippen LogP) is 0.144. The summed E-state index contributed by atoms with van der Waals surface area (Å²) in [5, 5.41) is 4.00. The van der Waals surface area contributed by atoms with Crippen LogP contribution < -0.4 is 0 Å². The Balaban J connectivity index is 1.60. The fourth-order valence-electron chi connectivity index (χ4n) is 2.61. The molecule has 0 aromatic carbocycles. The van der Waals surface area contributed by atoms with E-state index in [1.165, 1.54) is 16.8 Å². The van der Waals surface area contributed by atoms with Crippen LogP contribution in [0.1, 0.15) is 24.1 Å². The molecule has 1 unspecified atom stereocenters. The van der Waals surface area contributed by atoms with Crippen LogP contribution in [0.2, 0.25) is 0 Å². The zero-order valence-corrected chi connectivity index (χ0v) is 15.0. The molecular weight excluding hydrogens is 350 g/mol. The van der Waals surface area contributed by atoms with Gasteiger partial charge in [-0.2, -0.15) is 9.29 Å². The molecule has 10 nitrogen and oxygen atoms in total. The molecule has 0 aliphatic carbocycles. The molecule has 0 radical (unpaired) electrons. The Kier molecular flexibility index (Phi) is 5.47. The van der Waals surface area contributed by atoms with Crippen LogP contribution in [0.15, 0.2) is 22.1 Å². The second-order valence-corrected chi connectivity index (χ2v) is 7.70. The van der Waals surface area contributed by atoms with Crippen LogP contribution in [0.3, 0.4) is 0 Å². The highest BCUT2D eigenvalue weighted by Gasteiger charge is 2.36. The van der Waals surface area contributed by atoms with Gasteiger partial charge >= 0.3 is 0 Å². The van der Waals surface area contributed by atoms with E-state index in [4.69, 9.17) is 14.0 Å². The summed E-state index contributed by atoms with van der Waals surface area (Å²) in [5.74, 6) is 0.774. The van der Waals surface area contributed by atoms with Crippen LogP contribution in [0.5, 0.6) is 0 Å². The number of ether oxygens (including phenoxy) is 2. The maximum absolute atomic E-state index is 12.6. The smallest absolute Gasteiger partial charge is 0.262 e. The summed E-state index contributed by atoms with van der Waals surface area (Å²) in [6.45, 7) is 1.84. The summed E-state index contributed by atoms with van der Waals surface area (Å²) in [6.07, 6.45) is 3.59. The molecule has 0 bridgehead atoms. The standard InChI is InChI=1S/C14H21N5O5S/c1-18-8-13(15-10-18)25(20,21)19-4-3-11(7-19)14-16-12(24-17-14)9-23-6-5-22-2/h8,10-11H,3-7,9H2,1-2H3. The van der Waals surface area contributed by atoms with E-state index in [1.54, 1.807) is 18.7 Å². The lowest BCUT2D eigenvalue weighted by molar-refractivity contribution is 0.0494. The third kappa shape index (κ3) is 4.06. The Hall–Kier alpha value is -1.82. The SMILES string of the molecule is COCCOCc1nc(C2CCN(S(=O)(=O)c3cn(C)cn3)C2)no1. The van der Waals surface area contributed by atoms with Crippen LogP contribution in [0, 0.1) is 0 Å². The van der Waals surface area contributed by atoms with Crippen molar-refractivity contribution in [1.29, 1.82) is 0 Å². The highest BCUT2D eigenvalue weighted by atomic mass is 32.2. The normalized spacial score (nSPS) is 18.9. The highest BCUT2D eigenvalue weighted by Crippen LogP contribution is 2.29.